The molecule has 0 aliphatic carbocycles. The number of hydrogen-bond acceptors (Lipinski definition) is 3. The fourth-order valence-electron chi connectivity index (χ4n) is 3.31. The Labute approximate surface area is 156 Å². The van der Waals surface area contributed by atoms with E-state index in [2.05, 4.69) is 48.2 Å². The van der Waals surface area contributed by atoms with Crippen molar-refractivity contribution in [3.05, 3.63) is 68.9 Å². The molecule has 0 radical (unpaired) electrons. The second-order valence-corrected chi connectivity index (χ2v) is 8.48. The van der Waals surface area contributed by atoms with Crippen LogP contribution in [0.2, 0.25) is 0 Å². The van der Waals surface area contributed by atoms with Gasteiger partial charge in [0.15, 0.2) is 0 Å². The van der Waals surface area contributed by atoms with Crippen LogP contribution in [0.15, 0.2) is 42.5 Å². The van der Waals surface area contributed by atoms with Crippen molar-refractivity contribution in [3.63, 3.8) is 0 Å². The van der Waals surface area contributed by atoms with Crippen molar-refractivity contribution in [3.8, 4) is 11.1 Å². The molecule has 25 heavy (non-hydrogen) atoms. The zero-order valence-electron chi connectivity index (χ0n) is 14.4. The van der Waals surface area contributed by atoms with Gasteiger partial charge >= 0.3 is 0 Å². The average molecular weight is 371 g/mol. The SMILES string of the molecule is Cc1ccc2c(c1)-c1c(sn(Cc3ccc(F)cc3)c1=S)C(C)(C)N2. The van der Waals surface area contributed by atoms with Crippen molar-refractivity contribution in [2.45, 2.75) is 32.9 Å². The minimum Gasteiger partial charge on any atom is -0.375 e. The number of fused-ring (bicyclic) bond motifs is 3. The van der Waals surface area contributed by atoms with E-state index in [0.717, 1.165) is 21.5 Å². The molecule has 1 N–H and O–H groups in total. The Kier molecular flexibility index (Phi) is 3.81. The maximum atomic E-state index is 13.2. The molecule has 4 rings (SSSR count). The molecule has 1 aliphatic rings. The van der Waals surface area contributed by atoms with Crippen LogP contribution < -0.4 is 5.32 Å². The first-order valence-corrected chi connectivity index (χ1v) is 9.41. The van der Waals surface area contributed by atoms with Gasteiger partial charge in [-0.3, -0.25) is 3.96 Å². The summed E-state index contributed by atoms with van der Waals surface area (Å²) < 4.78 is 16.1. The lowest BCUT2D eigenvalue weighted by molar-refractivity contribution is 0.620. The van der Waals surface area contributed by atoms with Gasteiger partial charge in [0.25, 0.3) is 0 Å². The molecule has 128 valence electrons. The topological polar surface area (TPSA) is 17.0 Å². The molecule has 0 bridgehead atoms. The van der Waals surface area contributed by atoms with Gasteiger partial charge in [0.05, 0.1) is 17.0 Å². The molecule has 2 aromatic carbocycles. The van der Waals surface area contributed by atoms with E-state index in [-0.39, 0.29) is 11.4 Å². The number of anilines is 1. The number of hydrogen-bond donors (Lipinski definition) is 1. The van der Waals surface area contributed by atoms with E-state index in [9.17, 15) is 4.39 Å². The van der Waals surface area contributed by atoms with Crippen molar-refractivity contribution >= 4 is 29.4 Å². The number of benzene rings is 2. The van der Waals surface area contributed by atoms with Crippen LogP contribution in [0.3, 0.4) is 0 Å². The maximum absolute atomic E-state index is 13.2. The molecular weight excluding hydrogens is 351 g/mol. The third-order valence-electron chi connectivity index (χ3n) is 4.57. The van der Waals surface area contributed by atoms with E-state index in [1.807, 2.05) is 12.1 Å². The molecule has 0 unspecified atom stereocenters. The molecular formula is C20H19FN2S2. The zero-order valence-corrected chi connectivity index (χ0v) is 16.0. The van der Waals surface area contributed by atoms with Gasteiger partial charge in [-0.15, -0.1) is 0 Å². The van der Waals surface area contributed by atoms with Crippen LogP contribution in [0.25, 0.3) is 11.1 Å². The predicted molar refractivity (Wildman–Crippen MR) is 105 cm³/mol. The quantitative estimate of drug-likeness (QED) is 0.549. The van der Waals surface area contributed by atoms with Gasteiger partial charge in [0, 0.05) is 16.8 Å². The number of nitrogens with one attached hydrogen (secondary N) is 1. The molecule has 2 heterocycles. The lowest BCUT2D eigenvalue weighted by Crippen LogP contribution is -2.30. The maximum Gasteiger partial charge on any atom is 0.124 e. The van der Waals surface area contributed by atoms with Gasteiger partial charge in [0.2, 0.25) is 0 Å². The van der Waals surface area contributed by atoms with Gasteiger partial charge < -0.3 is 5.32 Å². The second kappa shape index (κ2) is 5.78. The molecule has 0 saturated carbocycles. The largest absolute Gasteiger partial charge is 0.375 e. The summed E-state index contributed by atoms with van der Waals surface area (Å²) in [4.78, 5) is 1.25. The summed E-state index contributed by atoms with van der Waals surface area (Å²) >= 11 is 7.52. The first-order chi connectivity index (χ1) is 11.8. The summed E-state index contributed by atoms with van der Waals surface area (Å²) in [7, 11) is 0. The minimum absolute atomic E-state index is 0.177. The minimum atomic E-state index is -0.215. The van der Waals surface area contributed by atoms with E-state index in [4.69, 9.17) is 12.2 Å². The van der Waals surface area contributed by atoms with Crippen LogP contribution in [0.5, 0.6) is 0 Å². The Bertz CT molecular complexity index is 1010. The summed E-state index contributed by atoms with van der Waals surface area (Å²) in [5.74, 6) is -0.215. The normalized spacial score (nSPS) is 14.6. The molecule has 0 amide bonds. The summed E-state index contributed by atoms with van der Waals surface area (Å²) in [6.45, 7) is 7.12. The predicted octanol–water partition coefficient (Wildman–Crippen LogP) is 6.10. The zero-order chi connectivity index (χ0) is 17.8. The second-order valence-electron chi connectivity index (χ2n) is 7.06. The van der Waals surface area contributed by atoms with Gasteiger partial charge in [-0.2, -0.15) is 0 Å². The van der Waals surface area contributed by atoms with Gasteiger partial charge in [-0.05, 0) is 50.6 Å². The van der Waals surface area contributed by atoms with Crippen LogP contribution >= 0.6 is 23.8 Å². The summed E-state index contributed by atoms with van der Waals surface area (Å²) in [5, 5.41) is 3.63. The molecule has 1 aliphatic heterocycles. The van der Waals surface area contributed by atoms with E-state index in [0.29, 0.717) is 6.54 Å². The lowest BCUT2D eigenvalue weighted by atomic mass is 9.89. The van der Waals surface area contributed by atoms with E-state index < -0.39 is 0 Å². The first-order valence-electron chi connectivity index (χ1n) is 8.23. The molecule has 0 spiro atoms. The monoisotopic (exact) mass is 370 g/mol. The number of nitrogens with zero attached hydrogens (tertiary/aromatic N) is 1. The average Bonchev–Trinajstić information content (AvgIpc) is 2.89. The lowest BCUT2D eigenvalue weighted by Gasteiger charge is -2.33. The van der Waals surface area contributed by atoms with Gasteiger partial charge in [-0.25, -0.2) is 4.39 Å². The molecule has 2 nitrogen and oxygen atoms in total. The number of aromatic nitrogens is 1. The van der Waals surface area contributed by atoms with Gasteiger partial charge in [-0.1, -0.05) is 47.5 Å². The fourth-order valence-corrected chi connectivity index (χ4v) is 4.95. The van der Waals surface area contributed by atoms with E-state index in [1.54, 1.807) is 11.5 Å². The highest BCUT2D eigenvalue weighted by atomic mass is 32.1. The van der Waals surface area contributed by atoms with E-state index >= 15 is 0 Å². The van der Waals surface area contributed by atoms with Crippen LogP contribution in [-0.4, -0.2) is 3.96 Å². The summed E-state index contributed by atoms with van der Waals surface area (Å²) in [6, 6.07) is 13.1. The highest BCUT2D eigenvalue weighted by Crippen LogP contribution is 2.47. The van der Waals surface area contributed by atoms with Crippen molar-refractivity contribution in [1.82, 2.24) is 3.96 Å². The molecule has 5 heteroatoms. The van der Waals surface area contributed by atoms with Crippen molar-refractivity contribution in [2.75, 3.05) is 5.32 Å². The molecule has 3 aromatic rings. The smallest absolute Gasteiger partial charge is 0.124 e. The first kappa shape index (κ1) is 16.5. The van der Waals surface area contributed by atoms with Crippen molar-refractivity contribution < 1.29 is 4.39 Å². The van der Waals surface area contributed by atoms with Crippen LogP contribution in [0.1, 0.15) is 29.9 Å². The third kappa shape index (κ3) is 2.81. The Morgan fingerprint density at radius 1 is 1.16 bits per heavy atom. The van der Waals surface area contributed by atoms with Crippen molar-refractivity contribution in [1.29, 1.82) is 0 Å². The molecule has 0 fully saturated rings. The highest BCUT2D eigenvalue weighted by Gasteiger charge is 2.34. The molecule has 1 aromatic heterocycles. The summed E-state index contributed by atoms with van der Waals surface area (Å²) in [5.41, 5.74) is 5.55. The fraction of sp³-hybridized carbons (Fsp3) is 0.250. The Hall–Kier alpha value is -1.98. The van der Waals surface area contributed by atoms with Crippen LogP contribution in [0, 0.1) is 17.4 Å². The highest BCUT2D eigenvalue weighted by molar-refractivity contribution is 7.71. The Balaban J connectivity index is 1.86. The number of rotatable bonds is 2. The standard InChI is InChI=1S/C20H19FN2S2/c1-12-4-9-16-15(10-12)17-18(20(2,3)22-16)25-23(19(17)24)11-13-5-7-14(21)8-6-13/h4-10,22H,11H2,1-3H3. The van der Waals surface area contributed by atoms with Gasteiger partial charge in [0.1, 0.15) is 10.5 Å². The van der Waals surface area contributed by atoms with Crippen molar-refractivity contribution in [2.24, 2.45) is 0 Å². The van der Waals surface area contributed by atoms with E-state index in [1.165, 1.54) is 28.1 Å². The van der Waals surface area contributed by atoms with Crippen LogP contribution in [-0.2, 0) is 12.1 Å². The number of halogens is 1. The number of aryl methyl sites for hydroxylation is 1. The third-order valence-corrected chi connectivity index (χ3v) is 6.54. The Morgan fingerprint density at radius 2 is 1.88 bits per heavy atom. The van der Waals surface area contributed by atoms with Crippen LogP contribution in [0.4, 0.5) is 10.1 Å². The Morgan fingerprint density at radius 3 is 2.60 bits per heavy atom. The molecule has 0 saturated heterocycles. The molecule has 0 atom stereocenters. The summed E-state index contributed by atoms with van der Waals surface area (Å²) in [6.07, 6.45) is 0.